The third-order valence-corrected chi connectivity index (χ3v) is 4.54. The van der Waals surface area contributed by atoms with Gasteiger partial charge in [0.05, 0.1) is 0 Å². The number of hydrogen-bond donors (Lipinski definition) is 1. The highest BCUT2D eigenvalue weighted by atomic mass is 15.2. The monoisotopic (exact) mass is 259 g/mol. The molecule has 0 radical (unpaired) electrons. The highest BCUT2D eigenvalue weighted by molar-refractivity contribution is 5.57. The van der Waals surface area contributed by atoms with Gasteiger partial charge in [-0.15, -0.1) is 0 Å². The average molecular weight is 259 g/mol. The van der Waals surface area contributed by atoms with Gasteiger partial charge in [0.25, 0.3) is 0 Å². The van der Waals surface area contributed by atoms with E-state index in [0.29, 0.717) is 6.04 Å². The fraction of sp³-hybridized carbons (Fsp3) is 0.625. The summed E-state index contributed by atoms with van der Waals surface area (Å²) in [5, 5.41) is 3.47. The maximum Gasteiger partial charge on any atom is 0.0376 e. The Labute approximate surface area is 116 Å². The molecule has 2 heterocycles. The summed E-state index contributed by atoms with van der Waals surface area (Å²) in [5.41, 5.74) is 4.26. The van der Waals surface area contributed by atoms with E-state index in [9.17, 15) is 0 Å². The summed E-state index contributed by atoms with van der Waals surface area (Å²) in [6.45, 7) is 4.63. The van der Waals surface area contributed by atoms with Crippen molar-refractivity contribution in [2.75, 3.05) is 39.0 Å². The van der Waals surface area contributed by atoms with Crippen LogP contribution in [-0.2, 0) is 13.0 Å². The van der Waals surface area contributed by atoms with Gasteiger partial charge in [-0.1, -0.05) is 12.1 Å². The van der Waals surface area contributed by atoms with Gasteiger partial charge in [0.1, 0.15) is 0 Å². The van der Waals surface area contributed by atoms with E-state index in [-0.39, 0.29) is 0 Å². The summed E-state index contributed by atoms with van der Waals surface area (Å²) in [7, 11) is 4.50. The lowest BCUT2D eigenvalue weighted by atomic mass is 10.0. The number of likely N-dealkylation sites (tertiary alicyclic amines) is 1. The summed E-state index contributed by atoms with van der Waals surface area (Å²) in [5.74, 6) is 0. The first-order valence-electron chi connectivity index (χ1n) is 7.47. The first-order valence-corrected chi connectivity index (χ1v) is 7.47. The molecular weight excluding hydrogens is 234 g/mol. The number of rotatable bonds is 3. The van der Waals surface area contributed by atoms with Gasteiger partial charge in [-0.25, -0.2) is 0 Å². The summed E-state index contributed by atoms with van der Waals surface area (Å²) in [6, 6.07) is 7.64. The van der Waals surface area contributed by atoms with Crippen LogP contribution in [0.25, 0.3) is 0 Å². The Kier molecular flexibility index (Phi) is 3.76. The molecule has 0 aliphatic carbocycles. The number of nitrogens with one attached hydrogen (secondary N) is 1. The smallest absolute Gasteiger partial charge is 0.0376 e. The highest BCUT2D eigenvalue weighted by Gasteiger charge is 2.21. The number of likely N-dealkylation sites (N-methyl/N-ethyl adjacent to an activating group) is 2. The minimum atomic E-state index is 0.708. The minimum Gasteiger partial charge on any atom is -0.384 e. The van der Waals surface area contributed by atoms with Crippen molar-refractivity contribution in [2.24, 2.45) is 0 Å². The topological polar surface area (TPSA) is 18.5 Å². The Balaban J connectivity index is 1.64. The molecule has 3 nitrogen and oxygen atoms in total. The number of fused-ring (bicyclic) bond motifs is 1. The standard InChI is InChI=1S/C16H25N3/c1-18-9-3-4-15(12-18)19(2)11-13-5-6-14-7-8-17-16(14)10-13/h5-6,10,15,17H,3-4,7-9,11-12H2,1-2H3. The Morgan fingerprint density at radius 2 is 2.32 bits per heavy atom. The van der Waals surface area contributed by atoms with Crippen LogP contribution in [0.4, 0.5) is 5.69 Å². The predicted molar refractivity (Wildman–Crippen MR) is 80.6 cm³/mol. The molecule has 0 bridgehead atoms. The maximum atomic E-state index is 3.47. The normalized spacial score (nSPS) is 23.4. The number of hydrogen-bond acceptors (Lipinski definition) is 3. The van der Waals surface area contributed by atoms with Crippen LogP contribution >= 0.6 is 0 Å². The zero-order valence-electron chi connectivity index (χ0n) is 12.2. The van der Waals surface area contributed by atoms with Crippen molar-refractivity contribution >= 4 is 5.69 Å². The average Bonchev–Trinajstić information content (AvgIpc) is 2.86. The van der Waals surface area contributed by atoms with Gasteiger partial charge in [0.2, 0.25) is 0 Å². The van der Waals surface area contributed by atoms with Crippen molar-refractivity contribution in [1.82, 2.24) is 9.80 Å². The molecule has 1 aromatic rings. The van der Waals surface area contributed by atoms with E-state index < -0.39 is 0 Å². The van der Waals surface area contributed by atoms with E-state index in [1.807, 2.05) is 0 Å². The molecule has 1 N–H and O–H groups in total. The summed E-state index contributed by atoms with van der Waals surface area (Å²) < 4.78 is 0. The van der Waals surface area contributed by atoms with Gasteiger partial charge in [0, 0.05) is 31.4 Å². The summed E-state index contributed by atoms with van der Waals surface area (Å²) >= 11 is 0. The van der Waals surface area contributed by atoms with Crippen molar-refractivity contribution in [3.8, 4) is 0 Å². The van der Waals surface area contributed by atoms with E-state index in [1.165, 1.54) is 49.2 Å². The van der Waals surface area contributed by atoms with Crippen LogP contribution in [0.3, 0.4) is 0 Å². The molecule has 0 amide bonds. The molecule has 1 unspecified atom stereocenters. The zero-order chi connectivity index (χ0) is 13.2. The van der Waals surface area contributed by atoms with Crippen LogP contribution in [0.2, 0.25) is 0 Å². The van der Waals surface area contributed by atoms with Crippen LogP contribution in [0.5, 0.6) is 0 Å². The van der Waals surface area contributed by atoms with E-state index in [2.05, 4.69) is 47.4 Å². The second-order valence-corrected chi connectivity index (χ2v) is 6.14. The largest absolute Gasteiger partial charge is 0.384 e. The van der Waals surface area contributed by atoms with Crippen LogP contribution in [0.1, 0.15) is 24.0 Å². The Bertz CT molecular complexity index is 444. The second-order valence-electron chi connectivity index (χ2n) is 6.14. The van der Waals surface area contributed by atoms with Crippen molar-refractivity contribution in [3.05, 3.63) is 29.3 Å². The molecule has 3 heteroatoms. The lowest BCUT2D eigenvalue weighted by Gasteiger charge is -2.36. The van der Waals surface area contributed by atoms with Crippen molar-refractivity contribution in [3.63, 3.8) is 0 Å². The van der Waals surface area contributed by atoms with Crippen LogP contribution in [-0.4, -0.2) is 49.6 Å². The molecular formula is C16H25N3. The van der Waals surface area contributed by atoms with Gasteiger partial charge in [0.15, 0.2) is 0 Å². The van der Waals surface area contributed by atoms with Crippen LogP contribution in [0, 0.1) is 0 Å². The van der Waals surface area contributed by atoms with E-state index in [4.69, 9.17) is 0 Å². The Morgan fingerprint density at radius 1 is 1.42 bits per heavy atom. The van der Waals surface area contributed by atoms with Gasteiger partial charge in [-0.05, 0) is 57.1 Å². The lowest BCUT2D eigenvalue weighted by Crippen LogP contribution is -2.44. The van der Waals surface area contributed by atoms with Gasteiger partial charge in [-0.2, -0.15) is 0 Å². The third kappa shape index (κ3) is 2.93. The Hall–Kier alpha value is -1.06. The summed E-state index contributed by atoms with van der Waals surface area (Å²) in [6.07, 6.45) is 3.85. The van der Waals surface area contributed by atoms with E-state index in [1.54, 1.807) is 0 Å². The highest BCUT2D eigenvalue weighted by Crippen LogP contribution is 2.24. The first-order chi connectivity index (χ1) is 9.22. The first kappa shape index (κ1) is 12.9. The van der Waals surface area contributed by atoms with E-state index in [0.717, 1.165) is 13.1 Å². The van der Waals surface area contributed by atoms with Crippen LogP contribution < -0.4 is 5.32 Å². The summed E-state index contributed by atoms with van der Waals surface area (Å²) in [4.78, 5) is 4.97. The van der Waals surface area contributed by atoms with E-state index >= 15 is 0 Å². The quantitative estimate of drug-likeness (QED) is 0.897. The molecule has 3 rings (SSSR count). The Morgan fingerprint density at radius 3 is 3.16 bits per heavy atom. The second kappa shape index (κ2) is 5.51. The van der Waals surface area contributed by atoms with Crippen LogP contribution in [0.15, 0.2) is 18.2 Å². The lowest BCUT2D eigenvalue weighted by molar-refractivity contribution is 0.129. The molecule has 1 fully saturated rings. The predicted octanol–water partition coefficient (Wildman–Crippen LogP) is 2.18. The molecule has 1 aromatic carbocycles. The number of nitrogens with zero attached hydrogens (tertiary/aromatic N) is 2. The van der Waals surface area contributed by atoms with Gasteiger partial charge < -0.3 is 10.2 Å². The maximum absolute atomic E-state index is 3.47. The number of piperidine rings is 1. The molecule has 0 spiro atoms. The number of benzene rings is 1. The van der Waals surface area contributed by atoms with Gasteiger partial charge in [-0.3, -0.25) is 4.90 Å². The molecule has 2 aliphatic heterocycles. The number of anilines is 1. The van der Waals surface area contributed by atoms with Crippen molar-refractivity contribution in [1.29, 1.82) is 0 Å². The molecule has 19 heavy (non-hydrogen) atoms. The molecule has 0 saturated carbocycles. The third-order valence-electron chi connectivity index (χ3n) is 4.54. The molecule has 0 aromatic heterocycles. The fourth-order valence-corrected chi connectivity index (χ4v) is 3.35. The SMILES string of the molecule is CN1CCCC(N(C)Cc2ccc3c(c2)NCC3)C1. The zero-order valence-corrected chi connectivity index (χ0v) is 12.2. The molecule has 2 aliphatic rings. The van der Waals surface area contributed by atoms with Crippen molar-refractivity contribution in [2.45, 2.75) is 31.8 Å². The molecule has 1 saturated heterocycles. The fourth-order valence-electron chi connectivity index (χ4n) is 3.35. The van der Waals surface area contributed by atoms with Crippen molar-refractivity contribution < 1.29 is 0 Å². The van der Waals surface area contributed by atoms with Gasteiger partial charge >= 0.3 is 0 Å². The minimum absolute atomic E-state index is 0.708. The molecule has 1 atom stereocenters. The molecule has 104 valence electrons.